The zero-order valence-electron chi connectivity index (χ0n) is 6.95. The van der Waals surface area contributed by atoms with Crippen LogP contribution in [0.5, 0.6) is 0 Å². The van der Waals surface area contributed by atoms with Gasteiger partial charge in [-0.25, -0.2) is 0 Å². The third-order valence-electron chi connectivity index (χ3n) is 1.90. The molecule has 1 aromatic carbocycles. The third-order valence-corrected chi connectivity index (χ3v) is 1.90. The lowest BCUT2D eigenvalue weighted by molar-refractivity contribution is -0.109. The summed E-state index contributed by atoms with van der Waals surface area (Å²) in [6, 6.07) is 7.78. The van der Waals surface area contributed by atoms with E-state index in [0.717, 1.165) is 16.6 Å². The van der Waals surface area contributed by atoms with Crippen LogP contribution in [0.15, 0.2) is 24.3 Å². The number of amides is 1. The van der Waals surface area contributed by atoms with Crippen LogP contribution >= 0.6 is 0 Å². The molecular weight excluding hydrogens is 166 g/mol. The van der Waals surface area contributed by atoms with Crippen LogP contribution in [-0.2, 0) is 11.3 Å². The van der Waals surface area contributed by atoms with Gasteiger partial charge in [0.25, 0.3) is 0 Å². The molecule has 1 amide bonds. The minimum Gasteiger partial charge on any atom is -0.353 e. The molecule has 0 bridgehead atoms. The minimum absolute atomic E-state index is 0.490. The molecule has 0 aliphatic carbocycles. The van der Waals surface area contributed by atoms with Crippen molar-refractivity contribution in [3.8, 4) is 0 Å². The highest BCUT2D eigenvalue weighted by atomic mass is 16.1. The largest absolute Gasteiger partial charge is 0.353 e. The fourth-order valence-electron chi connectivity index (χ4n) is 1.29. The van der Waals surface area contributed by atoms with Gasteiger partial charge < -0.3 is 5.32 Å². The molecule has 0 saturated carbocycles. The summed E-state index contributed by atoms with van der Waals surface area (Å²) in [6.45, 7) is 0.490. The van der Waals surface area contributed by atoms with E-state index in [4.69, 9.17) is 0 Å². The monoisotopic (exact) mass is 175 g/mol. The summed E-state index contributed by atoms with van der Waals surface area (Å²) in [5.41, 5.74) is 1.85. The molecule has 4 heteroatoms. The fraction of sp³-hybridized carbons (Fsp3) is 0.111. The summed E-state index contributed by atoms with van der Waals surface area (Å²) in [4.78, 5) is 10.1. The molecule has 2 rings (SSSR count). The first-order chi connectivity index (χ1) is 6.42. The number of para-hydroxylation sites is 1. The summed E-state index contributed by atoms with van der Waals surface area (Å²) in [5.74, 6) is 0. The lowest BCUT2D eigenvalue weighted by Gasteiger charge is -1.94. The van der Waals surface area contributed by atoms with E-state index in [9.17, 15) is 4.79 Å². The second kappa shape index (κ2) is 3.26. The van der Waals surface area contributed by atoms with Gasteiger partial charge in [-0.15, -0.1) is 0 Å². The van der Waals surface area contributed by atoms with Crippen LogP contribution in [0.2, 0.25) is 0 Å². The number of benzene rings is 1. The Labute approximate surface area is 75.0 Å². The molecule has 13 heavy (non-hydrogen) atoms. The number of carbonyl (C=O) groups excluding carboxylic acids is 1. The van der Waals surface area contributed by atoms with Gasteiger partial charge in [-0.2, -0.15) is 5.10 Å². The Kier molecular flexibility index (Phi) is 1.96. The molecule has 0 unspecified atom stereocenters. The number of hydrogen-bond donors (Lipinski definition) is 2. The van der Waals surface area contributed by atoms with Crippen LogP contribution in [0, 0.1) is 0 Å². The summed E-state index contributed by atoms with van der Waals surface area (Å²) < 4.78 is 0. The first-order valence-electron chi connectivity index (χ1n) is 4.01. The number of nitrogens with one attached hydrogen (secondary N) is 2. The van der Waals surface area contributed by atoms with Gasteiger partial charge in [-0.3, -0.25) is 9.89 Å². The zero-order chi connectivity index (χ0) is 9.10. The summed E-state index contributed by atoms with van der Waals surface area (Å²) in [6.07, 6.45) is 0.676. The van der Waals surface area contributed by atoms with E-state index in [2.05, 4.69) is 15.5 Å². The lowest BCUT2D eigenvalue weighted by Crippen LogP contribution is -2.10. The first kappa shape index (κ1) is 7.79. The van der Waals surface area contributed by atoms with Crippen LogP contribution in [0.3, 0.4) is 0 Å². The molecule has 0 fully saturated rings. The Morgan fingerprint density at radius 2 is 2.31 bits per heavy atom. The van der Waals surface area contributed by atoms with E-state index in [0.29, 0.717) is 13.0 Å². The van der Waals surface area contributed by atoms with Crippen LogP contribution in [0.25, 0.3) is 10.9 Å². The maximum atomic E-state index is 10.1. The number of fused-ring (bicyclic) bond motifs is 1. The van der Waals surface area contributed by atoms with Gasteiger partial charge >= 0.3 is 0 Å². The molecule has 0 saturated heterocycles. The maximum Gasteiger partial charge on any atom is 0.207 e. The second-order valence-corrected chi connectivity index (χ2v) is 2.72. The molecular formula is C9H9N3O. The molecule has 2 N–H and O–H groups in total. The van der Waals surface area contributed by atoms with Crippen molar-refractivity contribution in [3.05, 3.63) is 30.0 Å². The van der Waals surface area contributed by atoms with Crippen molar-refractivity contribution in [1.82, 2.24) is 15.5 Å². The predicted octanol–water partition coefficient (Wildman–Crippen LogP) is 0.809. The van der Waals surface area contributed by atoms with Crippen molar-refractivity contribution in [1.29, 1.82) is 0 Å². The standard InChI is InChI=1S/C9H9N3O/c13-6-10-5-9-7-3-1-2-4-8(7)11-12-9/h1-4,6H,5H2,(H,10,13)(H,11,12). The number of hydrogen-bond acceptors (Lipinski definition) is 2. The quantitative estimate of drug-likeness (QED) is 0.678. The fourth-order valence-corrected chi connectivity index (χ4v) is 1.29. The average Bonchev–Trinajstić information content (AvgIpc) is 2.58. The molecule has 0 atom stereocenters. The summed E-state index contributed by atoms with van der Waals surface area (Å²) >= 11 is 0. The van der Waals surface area contributed by atoms with Crippen molar-refractivity contribution >= 4 is 17.3 Å². The number of nitrogens with zero attached hydrogens (tertiary/aromatic N) is 1. The highest BCUT2D eigenvalue weighted by molar-refractivity contribution is 5.81. The molecule has 2 aromatic rings. The van der Waals surface area contributed by atoms with Gasteiger partial charge in [0.2, 0.25) is 6.41 Å². The molecule has 0 aliphatic rings. The molecule has 0 spiro atoms. The smallest absolute Gasteiger partial charge is 0.207 e. The molecule has 0 radical (unpaired) electrons. The second-order valence-electron chi connectivity index (χ2n) is 2.72. The van der Waals surface area contributed by atoms with Gasteiger partial charge in [-0.1, -0.05) is 18.2 Å². The highest BCUT2D eigenvalue weighted by Crippen LogP contribution is 2.14. The molecule has 0 aliphatic heterocycles. The normalized spacial score (nSPS) is 10.2. The lowest BCUT2D eigenvalue weighted by atomic mass is 10.2. The van der Waals surface area contributed by atoms with E-state index in [1.54, 1.807) is 0 Å². The van der Waals surface area contributed by atoms with Gasteiger partial charge in [0.1, 0.15) is 0 Å². The summed E-state index contributed by atoms with van der Waals surface area (Å²) in [5, 5.41) is 10.6. The number of rotatable bonds is 3. The Morgan fingerprint density at radius 1 is 1.46 bits per heavy atom. The van der Waals surface area contributed by atoms with E-state index in [1.165, 1.54) is 0 Å². The SMILES string of the molecule is O=CNCc1[nH]nc2ccccc12. The van der Waals surface area contributed by atoms with Crippen molar-refractivity contribution < 1.29 is 4.79 Å². The van der Waals surface area contributed by atoms with Crippen LogP contribution < -0.4 is 5.32 Å². The van der Waals surface area contributed by atoms with Crippen LogP contribution in [-0.4, -0.2) is 16.6 Å². The topological polar surface area (TPSA) is 57.8 Å². The van der Waals surface area contributed by atoms with E-state index in [1.807, 2.05) is 24.3 Å². The van der Waals surface area contributed by atoms with Crippen LogP contribution in [0.1, 0.15) is 5.69 Å². The number of H-pyrrole nitrogens is 1. The molecule has 4 nitrogen and oxygen atoms in total. The Balaban J connectivity index is 2.40. The van der Waals surface area contributed by atoms with Gasteiger partial charge in [0.05, 0.1) is 17.8 Å². The molecule has 1 heterocycles. The Bertz CT molecular complexity index is 421. The van der Waals surface area contributed by atoms with Crippen molar-refractivity contribution in [3.63, 3.8) is 0 Å². The Hall–Kier alpha value is -1.84. The highest BCUT2D eigenvalue weighted by Gasteiger charge is 2.02. The number of aromatic amines is 1. The number of carbonyl (C=O) groups is 1. The van der Waals surface area contributed by atoms with Crippen molar-refractivity contribution in [2.75, 3.05) is 0 Å². The number of aromatic nitrogens is 2. The van der Waals surface area contributed by atoms with E-state index >= 15 is 0 Å². The average molecular weight is 175 g/mol. The van der Waals surface area contributed by atoms with Gasteiger partial charge in [-0.05, 0) is 6.07 Å². The predicted molar refractivity (Wildman–Crippen MR) is 49.0 cm³/mol. The third kappa shape index (κ3) is 1.38. The zero-order valence-corrected chi connectivity index (χ0v) is 6.95. The first-order valence-corrected chi connectivity index (χ1v) is 4.01. The molecule has 1 aromatic heterocycles. The van der Waals surface area contributed by atoms with Crippen LogP contribution in [0.4, 0.5) is 0 Å². The minimum atomic E-state index is 0.490. The molecule has 66 valence electrons. The van der Waals surface area contributed by atoms with E-state index < -0.39 is 0 Å². The van der Waals surface area contributed by atoms with Crippen molar-refractivity contribution in [2.45, 2.75) is 6.54 Å². The van der Waals surface area contributed by atoms with Crippen molar-refractivity contribution in [2.24, 2.45) is 0 Å². The van der Waals surface area contributed by atoms with Gasteiger partial charge in [0.15, 0.2) is 0 Å². The van der Waals surface area contributed by atoms with E-state index in [-0.39, 0.29) is 0 Å². The maximum absolute atomic E-state index is 10.1. The van der Waals surface area contributed by atoms with Gasteiger partial charge in [0, 0.05) is 5.39 Å². The summed E-state index contributed by atoms with van der Waals surface area (Å²) in [7, 11) is 0. The Morgan fingerprint density at radius 3 is 3.15 bits per heavy atom.